The maximum atomic E-state index is 12.6. The lowest BCUT2D eigenvalue weighted by Crippen LogP contribution is -2.32. The van der Waals surface area contributed by atoms with Crippen molar-refractivity contribution in [2.24, 2.45) is 27.0 Å². The van der Waals surface area contributed by atoms with E-state index in [4.69, 9.17) is 0 Å². The molecule has 0 radical (unpaired) electrons. The van der Waals surface area contributed by atoms with Gasteiger partial charge in [0.05, 0.1) is 6.21 Å². The minimum Gasteiger partial charge on any atom is -0.435 e. The summed E-state index contributed by atoms with van der Waals surface area (Å²) in [6.07, 6.45) is 4.39. The molecular weight excluding hydrogens is 364 g/mol. The molecule has 3 rings (SSSR count). The standard InChI is InChI=1S/C19H22F4N2O2/c1-18(2)12-6-7-19(18,3)15(8-12)25-24-10-11-4-5-13(26-16(20)21)9-14(11)27-17(22)23/h4-5,9-10,12,16-17H,6-8H2,1-3H3. The maximum absolute atomic E-state index is 12.6. The van der Waals surface area contributed by atoms with Crippen molar-refractivity contribution in [1.82, 2.24) is 0 Å². The Kier molecular flexibility index (Phi) is 5.18. The van der Waals surface area contributed by atoms with Crippen molar-refractivity contribution in [3.8, 4) is 11.5 Å². The van der Waals surface area contributed by atoms with E-state index in [2.05, 4.69) is 40.4 Å². The van der Waals surface area contributed by atoms with Gasteiger partial charge in [0, 0.05) is 22.8 Å². The van der Waals surface area contributed by atoms with Crippen molar-refractivity contribution in [1.29, 1.82) is 0 Å². The van der Waals surface area contributed by atoms with E-state index in [1.54, 1.807) is 0 Å². The molecule has 2 saturated carbocycles. The number of nitrogens with zero attached hydrogens (tertiary/aromatic N) is 2. The zero-order valence-corrected chi connectivity index (χ0v) is 15.4. The van der Waals surface area contributed by atoms with Crippen molar-refractivity contribution in [3.05, 3.63) is 23.8 Å². The highest BCUT2D eigenvalue weighted by Gasteiger charge is 2.59. The number of rotatable bonds is 6. The van der Waals surface area contributed by atoms with Crippen LogP contribution in [0.2, 0.25) is 0 Å². The van der Waals surface area contributed by atoms with Crippen LogP contribution in [-0.2, 0) is 0 Å². The molecule has 2 aliphatic rings. The van der Waals surface area contributed by atoms with Crippen LogP contribution in [0.5, 0.6) is 11.5 Å². The molecule has 0 heterocycles. The second kappa shape index (κ2) is 7.13. The molecule has 2 fully saturated rings. The largest absolute Gasteiger partial charge is 0.435 e. The van der Waals surface area contributed by atoms with Gasteiger partial charge in [0.15, 0.2) is 0 Å². The molecule has 2 bridgehead atoms. The van der Waals surface area contributed by atoms with E-state index in [9.17, 15) is 17.6 Å². The van der Waals surface area contributed by atoms with Crippen LogP contribution < -0.4 is 9.47 Å². The molecule has 0 aliphatic heterocycles. The van der Waals surface area contributed by atoms with E-state index in [1.165, 1.54) is 24.8 Å². The number of fused-ring (bicyclic) bond motifs is 2. The SMILES string of the molecule is CC12CCC(CC1=NN=Cc1ccc(OC(F)F)cc1OC(F)F)C2(C)C. The fourth-order valence-electron chi connectivity index (χ4n) is 4.24. The molecule has 0 aromatic heterocycles. The van der Waals surface area contributed by atoms with Crippen LogP contribution in [-0.4, -0.2) is 25.1 Å². The van der Waals surface area contributed by atoms with Crippen molar-refractivity contribution >= 4 is 11.9 Å². The summed E-state index contributed by atoms with van der Waals surface area (Å²) in [4.78, 5) is 0. The van der Waals surface area contributed by atoms with Crippen LogP contribution in [0, 0.1) is 16.7 Å². The lowest BCUT2D eigenvalue weighted by molar-refractivity contribution is -0.0543. The minimum atomic E-state index is -3.10. The molecule has 4 nitrogen and oxygen atoms in total. The molecule has 0 amide bonds. The van der Waals surface area contributed by atoms with Crippen LogP contribution in [0.15, 0.2) is 28.4 Å². The average molecular weight is 386 g/mol. The summed E-state index contributed by atoms with van der Waals surface area (Å²) in [5.74, 6) is -0.00183. The minimum absolute atomic E-state index is 0.0216. The summed E-state index contributed by atoms with van der Waals surface area (Å²) in [6, 6.07) is 3.54. The summed E-state index contributed by atoms with van der Waals surface area (Å²) in [6.45, 7) is 0.518. The summed E-state index contributed by atoms with van der Waals surface area (Å²) < 4.78 is 58.5. The molecule has 0 N–H and O–H groups in total. The summed E-state index contributed by atoms with van der Waals surface area (Å²) in [5, 5.41) is 8.41. The third kappa shape index (κ3) is 3.66. The molecule has 2 unspecified atom stereocenters. The van der Waals surface area contributed by atoms with Gasteiger partial charge in [-0.25, -0.2) is 0 Å². The van der Waals surface area contributed by atoms with Gasteiger partial charge in [0.2, 0.25) is 0 Å². The molecule has 8 heteroatoms. The van der Waals surface area contributed by atoms with Gasteiger partial charge in [-0.2, -0.15) is 27.8 Å². The predicted octanol–water partition coefficient (Wildman–Crippen LogP) is 5.51. The van der Waals surface area contributed by atoms with Gasteiger partial charge in [-0.1, -0.05) is 20.8 Å². The quantitative estimate of drug-likeness (QED) is 0.368. The van der Waals surface area contributed by atoms with E-state index < -0.39 is 13.2 Å². The Hall–Kier alpha value is -2.12. The van der Waals surface area contributed by atoms with E-state index in [1.807, 2.05) is 0 Å². The second-order valence-corrected chi connectivity index (χ2v) is 7.74. The maximum Gasteiger partial charge on any atom is 0.387 e. The Bertz CT molecular complexity index is 764. The number of hydrogen-bond donors (Lipinski definition) is 0. The molecule has 1 aromatic carbocycles. The van der Waals surface area contributed by atoms with E-state index in [0.29, 0.717) is 5.92 Å². The van der Waals surface area contributed by atoms with Crippen LogP contribution >= 0.6 is 0 Å². The van der Waals surface area contributed by atoms with Gasteiger partial charge in [0.1, 0.15) is 11.5 Å². The zero-order chi connectivity index (χ0) is 19.8. The highest BCUT2D eigenvalue weighted by atomic mass is 19.3. The number of ether oxygens (including phenoxy) is 2. The molecular formula is C19H22F4N2O2. The van der Waals surface area contributed by atoms with Gasteiger partial charge in [-0.05, 0) is 42.7 Å². The first-order chi connectivity index (χ1) is 12.6. The molecule has 1 aromatic rings. The summed E-state index contributed by atoms with van der Waals surface area (Å²) in [5.41, 5.74) is 1.34. The van der Waals surface area contributed by atoms with Crippen molar-refractivity contribution in [3.63, 3.8) is 0 Å². The summed E-state index contributed by atoms with van der Waals surface area (Å²) >= 11 is 0. The number of alkyl halides is 4. The fraction of sp³-hybridized carbons (Fsp3) is 0.579. The van der Waals surface area contributed by atoms with Crippen LogP contribution in [0.25, 0.3) is 0 Å². The Balaban J connectivity index is 1.82. The average Bonchev–Trinajstić information content (AvgIpc) is 2.89. The Morgan fingerprint density at radius 1 is 1.11 bits per heavy atom. The highest BCUT2D eigenvalue weighted by Crippen LogP contribution is 2.64. The highest BCUT2D eigenvalue weighted by molar-refractivity contribution is 5.95. The predicted molar refractivity (Wildman–Crippen MR) is 94.0 cm³/mol. The first kappa shape index (κ1) is 19.6. The lowest BCUT2D eigenvalue weighted by atomic mass is 9.70. The van der Waals surface area contributed by atoms with E-state index in [-0.39, 0.29) is 27.9 Å². The molecule has 27 heavy (non-hydrogen) atoms. The van der Waals surface area contributed by atoms with Crippen molar-refractivity contribution in [2.75, 3.05) is 0 Å². The molecule has 0 spiro atoms. The van der Waals surface area contributed by atoms with Gasteiger partial charge < -0.3 is 9.47 Å². The number of benzene rings is 1. The van der Waals surface area contributed by atoms with E-state index in [0.717, 1.165) is 24.6 Å². The molecule has 2 atom stereocenters. The fourth-order valence-corrected chi connectivity index (χ4v) is 4.24. The second-order valence-electron chi connectivity index (χ2n) is 7.74. The van der Waals surface area contributed by atoms with Crippen LogP contribution in [0.1, 0.15) is 45.6 Å². The zero-order valence-electron chi connectivity index (χ0n) is 15.4. The van der Waals surface area contributed by atoms with Crippen LogP contribution in [0.4, 0.5) is 17.6 Å². The van der Waals surface area contributed by atoms with E-state index >= 15 is 0 Å². The van der Waals surface area contributed by atoms with Gasteiger partial charge in [0.25, 0.3) is 0 Å². The Labute approximate surface area is 155 Å². The van der Waals surface area contributed by atoms with Crippen molar-refractivity contribution < 1.29 is 27.0 Å². The number of hydrogen-bond acceptors (Lipinski definition) is 4. The topological polar surface area (TPSA) is 43.2 Å². The third-order valence-electron chi connectivity index (χ3n) is 6.31. The summed E-state index contributed by atoms with van der Waals surface area (Å²) in [7, 11) is 0. The van der Waals surface area contributed by atoms with Gasteiger partial charge in [-0.15, -0.1) is 0 Å². The normalized spacial score (nSPS) is 28.0. The molecule has 148 valence electrons. The first-order valence-electron chi connectivity index (χ1n) is 8.77. The van der Waals surface area contributed by atoms with Gasteiger partial charge in [-0.3, -0.25) is 0 Å². The smallest absolute Gasteiger partial charge is 0.387 e. The van der Waals surface area contributed by atoms with Gasteiger partial charge >= 0.3 is 13.2 Å². The Morgan fingerprint density at radius 2 is 1.81 bits per heavy atom. The number of halogens is 4. The van der Waals surface area contributed by atoms with Crippen molar-refractivity contribution in [2.45, 2.75) is 53.3 Å². The Morgan fingerprint density at radius 3 is 2.37 bits per heavy atom. The van der Waals surface area contributed by atoms with Crippen LogP contribution in [0.3, 0.4) is 0 Å². The molecule has 2 aliphatic carbocycles. The lowest BCUT2D eigenvalue weighted by Gasteiger charge is -2.34. The molecule has 0 saturated heterocycles. The third-order valence-corrected chi connectivity index (χ3v) is 6.31. The first-order valence-corrected chi connectivity index (χ1v) is 8.77. The monoisotopic (exact) mass is 386 g/mol.